The lowest BCUT2D eigenvalue weighted by atomic mass is 10.0. The van der Waals surface area contributed by atoms with Gasteiger partial charge in [0.25, 0.3) is 0 Å². The molecule has 1 aromatic heterocycles. The summed E-state index contributed by atoms with van der Waals surface area (Å²) in [7, 11) is 0. The van der Waals surface area contributed by atoms with Gasteiger partial charge in [-0.05, 0) is 13.8 Å². The fourth-order valence-electron chi connectivity index (χ4n) is 1.03. The first-order chi connectivity index (χ1) is 7.67. The van der Waals surface area contributed by atoms with Crippen LogP contribution in [0.3, 0.4) is 0 Å². The van der Waals surface area contributed by atoms with E-state index in [2.05, 4.69) is 4.98 Å². The van der Waals surface area contributed by atoms with Crippen molar-refractivity contribution in [3.05, 3.63) is 16.1 Å². The molecule has 4 nitrogen and oxygen atoms in total. The van der Waals surface area contributed by atoms with E-state index >= 15 is 0 Å². The van der Waals surface area contributed by atoms with Crippen LogP contribution in [0.5, 0.6) is 0 Å². The number of alkyl halides is 3. The first kappa shape index (κ1) is 13.9. The lowest BCUT2D eigenvalue weighted by Gasteiger charge is -2.28. The van der Waals surface area contributed by atoms with Gasteiger partial charge in [0.2, 0.25) is 5.54 Å². The van der Waals surface area contributed by atoms with Crippen LogP contribution in [-0.2, 0) is 11.3 Å². The number of aromatic nitrogens is 1. The molecule has 1 rings (SSSR count). The van der Waals surface area contributed by atoms with Crippen molar-refractivity contribution in [3.8, 4) is 0 Å². The number of hydrogen-bond donors (Lipinski definition) is 2. The molecule has 1 heterocycles. The summed E-state index contributed by atoms with van der Waals surface area (Å²) in [5.41, 5.74) is -2.28. The summed E-state index contributed by atoms with van der Waals surface area (Å²) in [4.78, 5) is 14.6. The highest BCUT2D eigenvalue weighted by atomic mass is 32.1. The zero-order chi connectivity index (χ0) is 13.3. The quantitative estimate of drug-likeness (QED) is 0.876. The van der Waals surface area contributed by atoms with Crippen molar-refractivity contribution in [1.82, 2.24) is 10.3 Å². The molecule has 0 saturated heterocycles. The molecule has 0 aliphatic rings. The van der Waals surface area contributed by atoms with E-state index in [1.54, 1.807) is 12.3 Å². The fraction of sp³-hybridized carbons (Fsp3) is 0.556. The Labute approximate surface area is 99.5 Å². The molecule has 0 amide bonds. The number of carbonyl (C=O) groups is 1. The van der Waals surface area contributed by atoms with Crippen LogP contribution in [0, 0.1) is 6.92 Å². The lowest BCUT2D eigenvalue weighted by molar-refractivity contribution is -0.206. The molecule has 0 radical (unpaired) electrons. The molecule has 0 aromatic carbocycles. The van der Waals surface area contributed by atoms with Crippen molar-refractivity contribution in [2.75, 3.05) is 0 Å². The van der Waals surface area contributed by atoms with E-state index in [9.17, 15) is 18.0 Å². The maximum atomic E-state index is 12.6. The second-order valence-electron chi connectivity index (χ2n) is 3.66. The zero-order valence-electron chi connectivity index (χ0n) is 9.13. The Hall–Kier alpha value is -1.15. The van der Waals surface area contributed by atoms with Gasteiger partial charge in [-0.1, -0.05) is 0 Å². The minimum Gasteiger partial charge on any atom is -0.480 e. The van der Waals surface area contributed by atoms with Crippen LogP contribution in [0.4, 0.5) is 13.2 Å². The first-order valence-electron chi connectivity index (χ1n) is 4.63. The highest BCUT2D eigenvalue weighted by molar-refractivity contribution is 7.09. The predicted octanol–water partition coefficient (Wildman–Crippen LogP) is 1.95. The van der Waals surface area contributed by atoms with E-state index in [-0.39, 0.29) is 6.54 Å². The van der Waals surface area contributed by atoms with Crippen molar-refractivity contribution >= 4 is 17.3 Å². The topological polar surface area (TPSA) is 62.2 Å². The molecule has 1 unspecified atom stereocenters. The molecule has 2 N–H and O–H groups in total. The summed E-state index contributed by atoms with van der Waals surface area (Å²) in [5, 5.41) is 12.7. The Morgan fingerprint density at radius 2 is 2.18 bits per heavy atom. The third-order valence-corrected chi connectivity index (χ3v) is 3.22. The van der Waals surface area contributed by atoms with Crippen LogP contribution in [0.25, 0.3) is 0 Å². The van der Waals surface area contributed by atoms with E-state index in [1.165, 1.54) is 11.3 Å². The second-order valence-corrected chi connectivity index (χ2v) is 4.61. The number of nitrogens with one attached hydrogen (secondary N) is 1. The average molecular weight is 268 g/mol. The van der Waals surface area contributed by atoms with E-state index in [4.69, 9.17) is 5.11 Å². The van der Waals surface area contributed by atoms with Crippen LogP contribution in [0.2, 0.25) is 0 Å². The zero-order valence-corrected chi connectivity index (χ0v) is 9.95. The Bertz CT molecular complexity index is 419. The maximum Gasteiger partial charge on any atom is 0.417 e. The molecular formula is C9H11F3N2O2S. The minimum absolute atomic E-state index is 0.235. The molecule has 0 aliphatic carbocycles. The number of carboxylic acid groups (broad SMARTS) is 1. The Morgan fingerprint density at radius 1 is 1.59 bits per heavy atom. The van der Waals surface area contributed by atoms with Gasteiger partial charge in [-0.2, -0.15) is 13.2 Å². The summed E-state index contributed by atoms with van der Waals surface area (Å²) >= 11 is 1.18. The number of nitrogens with zero attached hydrogens (tertiary/aromatic N) is 1. The molecule has 17 heavy (non-hydrogen) atoms. The summed E-state index contributed by atoms with van der Waals surface area (Å²) in [5.74, 6) is -1.96. The van der Waals surface area contributed by atoms with Crippen molar-refractivity contribution < 1.29 is 23.1 Å². The molecule has 0 aliphatic heterocycles. The highest BCUT2D eigenvalue weighted by Crippen LogP contribution is 2.30. The third-order valence-electron chi connectivity index (χ3n) is 2.25. The predicted molar refractivity (Wildman–Crippen MR) is 55.8 cm³/mol. The maximum absolute atomic E-state index is 12.6. The summed E-state index contributed by atoms with van der Waals surface area (Å²) in [6.07, 6.45) is -4.87. The van der Waals surface area contributed by atoms with E-state index in [0.29, 0.717) is 17.6 Å². The molecule has 96 valence electrons. The van der Waals surface area contributed by atoms with Gasteiger partial charge >= 0.3 is 12.1 Å². The Morgan fingerprint density at radius 3 is 2.53 bits per heavy atom. The summed E-state index contributed by atoms with van der Waals surface area (Å²) < 4.78 is 37.8. The molecular weight excluding hydrogens is 257 g/mol. The van der Waals surface area contributed by atoms with Crippen LogP contribution in [0.1, 0.15) is 17.6 Å². The van der Waals surface area contributed by atoms with Crippen molar-refractivity contribution in [1.29, 1.82) is 0 Å². The largest absolute Gasteiger partial charge is 0.480 e. The minimum atomic E-state index is -4.87. The number of aliphatic carboxylic acids is 1. The average Bonchev–Trinajstić information content (AvgIpc) is 2.58. The van der Waals surface area contributed by atoms with E-state index in [0.717, 1.165) is 0 Å². The highest BCUT2D eigenvalue weighted by Gasteiger charge is 2.57. The van der Waals surface area contributed by atoms with Gasteiger partial charge < -0.3 is 5.11 Å². The summed E-state index contributed by atoms with van der Waals surface area (Å²) in [6, 6.07) is 0. The first-order valence-corrected chi connectivity index (χ1v) is 5.51. The number of carboxylic acids is 1. The van der Waals surface area contributed by atoms with Crippen molar-refractivity contribution in [2.24, 2.45) is 0 Å². The Balaban J connectivity index is 2.79. The van der Waals surface area contributed by atoms with Gasteiger partial charge in [0.15, 0.2) is 0 Å². The van der Waals surface area contributed by atoms with E-state index in [1.807, 2.05) is 5.32 Å². The normalized spacial score (nSPS) is 15.6. The molecule has 0 fully saturated rings. The standard InChI is InChI=1S/C9H11F3N2O2S/c1-5-4-17-6(14-5)3-13-8(2,7(15)16)9(10,11)12/h4,13H,3H2,1-2H3,(H,15,16). The number of halogens is 3. The van der Waals surface area contributed by atoms with Gasteiger partial charge in [-0.15, -0.1) is 11.3 Å². The number of aryl methyl sites for hydroxylation is 1. The van der Waals surface area contributed by atoms with Gasteiger partial charge in [0.1, 0.15) is 5.01 Å². The van der Waals surface area contributed by atoms with Crippen LogP contribution in [0.15, 0.2) is 5.38 Å². The molecule has 0 bridgehead atoms. The summed E-state index contributed by atoms with van der Waals surface area (Å²) in [6.45, 7) is 2.07. The van der Waals surface area contributed by atoms with Crippen LogP contribution in [-0.4, -0.2) is 27.8 Å². The van der Waals surface area contributed by atoms with Crippen molar-refractivity contribution in [3.63, 3.8) is 0 Å². The van der Waals surface area contributed by atoms with Gasteiger partial charge in [0.05, 0.1) is 0 Å². The third kappa shape index (κ3) is 2.95. The lowest BCUT2D eigenvalue weighted by Crippen LogP contribution is -2.59. The number of hydrogen-bond acceptors (Lipinski definition) is 4. The molecule has 1 atom stereocenters. The van der Waals surface area contributed by atoms with Gasteiger partial charge in [0, 0.05) is 17.6 Å². The van der Waals surface area contributed by atoms with Gasteiger partial charge in [-0.25, -0.2) is 9.78 Å². The molecule has 8 heteroatoms. The number of rotatable bonds is 4. The molecule has 0 spiro atoms. The fourth-order valence-corrected chi connectivity index (χ4v) is 1.74. The smallest absolute Gasteiger partial charge is 0.417 e. The van der Waals surface area contributed by atoms with Gasteiger partial charge in [-0.3, -0.25) is 5.32 Å². The molecule has 0 saturated carbocycles. The second kappa shape index (κ2) is 4.61. The van der Waals surface area contributed by atoms with Crippen molar-refractivity contribution in [2.45, 2.75) is 32.1 Å². The monoisotopic (exact) mass is 268 g/mol. The Kier molecular flexibility index (Phi) is 3.78. The number of thiazole rings is 1. The van der Waals surface area contributed by atoms with Crippen LogP contribution >= 0.6 is 11.3 Å². The molecule has 1 aromatic rings. The van der Waals surface area contributed by atoms with Crippen LogP contribution < -0.4 is 5.32 Å². The SMILES string of the molecule is Cc1csc(CNC(C)(C(=O)O)C(F)(F)F)n1. The van der Waals surface area contributed by atoms with E-state index < -0.39 is 17.7 Å².